The molecule has 4 aromatic carbocycles. The number of nitrogens with zero attached hydrogens (tertiary/aromatic N) is 12. The van der Waals surface area contributed by atoms with E-state index in [4.69, 9.17) is 52.7 Å². The molecular weight excluding hydrogens is 1190 g/mol. The van der Waals surface area contributed by atoms with E-state index in [1.165, 1.54) is 18.2 Å². The van der Waals surface area contributed by atoms with Gasteiger partial charge in [0.1, 0.15) is 45.9 Å². The minimum atomic E-state index is -0.744. The van der Waals surface area contributed by atoms with Gasteiger partial charge in [-0.1, -0.05) is 15.5 Å². The molecule has 4 aliphatic rings. The summed E-state index contributed by atoms with van der Waals surface area (Å²) in [6, 6.07) is 10.5. The molecule has 0 unspecified atom stereocenters. The van der Waals surface area contributed by atoms with Crippen molar-refractivity contribution < 1.29 is 64.4 Å². The van der Waals surface area contributed by atoms with E-state index < -0.39 is 40.3 Å². The van der Waals surface area contributed by atoms with E-state index in [2.05, 4.69) is 30.5 Å². The summed E-state index contributed by atoms with van der Waals surface area (Å²) in [6.45, 7) is 42.2. The van der Waals surface area contributed by atoms with Crippen molar-refractivity contribution in [1.82, 2.24) is 30.3 Å². The van der Waals surface area contributed by atoms with Crippen LogP contribution in [0.15, 0.2) is 62.7 Å². The van der Waals surface area contributed by atoms with Crippen LogP contribution in [0.4, 0.5) is 82.1 Å². The van der Waals surface area contributed by atoms with Gasteiger partial charge in [-0.15, -0.1) is 0 Å². The largest absolute Gasteiger partial charge is 0.444 e. The number of piperazine rings is 4. The third kappa shape index (κ3) is 18.8. The first kappa shape index (κ1) is 69.0. The number of carbonyl (C=O) groups excluding carboxylic acids is 3. The number of rotatable bonds is 6. The number of aromatic nitrogens is 2. The molecule has 4 aliphatic heterocycles. The van der Waals surface area contributed by atoms with E-state index >= 15 is 0 Å². The molecule has 0 radical (unpaired) electrons. The molecule has 4 fully saturated rings. The van der Waals surface area contributed by atoms with Gasteiger partial charge in [-0.25, -0.2) is 46.0 Å². The van der Waals surface area contributed by atoms with Gasteiger partial charge in [0.15, 0.2) is 28.6 Å². The Morgan fingerprint density at radius 1 is 0.495 bits per heavy atom. The standard InChI is InChI=1S/C19H25FN4O3.C16H19F2N3O2.C16H21FN4O3.C11H13FN4O/c1-13(2)22-27-17-12-16(14(20)11-15(17)21-6)23-7-9-24(10-8-23)18(25)26-19(3,4)5;1-16(2,3)23-15(22)21-7-5-20(6-8-21)14-10-11(17)13(19-4)9-12(14)18;1-16(2,3)23-15(22)21-6-4-20(5-7-21)12-9-13-10(8-11(12)17)14(18)19-24-13;12-8-5-7-10(17-15-11(7)13)6-9(8)16-3-1-14-2-4-16/h11-12H,7-10H2,1-5H3;9-10H,5-8H2,1-3H3;8-9H,4-7H2,1-3H3,(H2,18,19);5-6,14H,1-4H2,(H2,13,15). The highest BCUT2D eigenvalue weighted by Crippen LogP contribution is 2.37. The average Bonchev–Trinajstić information content (AvgIpc) is 1.87. The SMILES string of the molecule is CC(C)(C)OC(=O)N1CCN(c2cc3onc(N)c3cc2F)CC1.Nc1noc2cc(N3CCNCC3)c(F)cc12.[C-]#[N+]c1cc(F)c(N2CCN(C(=O)OC(C)(C)C)CC2)cc1F.[C-]#[N+]c1cc(F)c(N2CCN(C(=O)OC(C)(C)C)CC2)cc1ON=C(C)C. The summed E-state index contributed by atoms with van der Waals surface area (Å²) in [7, 11) is 0. The number of amides is 3. The molecule has 0 spiro atoms. The van der Waals surface area contributed by atoms with E-state index in [0.29, 0.717) is 123 Å². The van der Waals surface area contributed by atoms with Crippen molar-refractivity contribution in [1.29, 1.82) is 0 Å². The predicted octanol–water partition coefficient (Wildman–Crippen LogP) is 11.3. The number of nitrogens with one attached hydrogen (secondary N) is 1. The molecule has 0 aliphatic carbocycles. The number of halogens is 5. The molecule has 0 atom stereocenters. The lowest BCUT2D eigenvalue weighted by Gasteiger charge is -2.37. The molecule has 0 bridgehead atoms. The van der Waals surface area contributed by atoms with Crippen LogP contribution in [-0.2, 0) is 14.2 Å². The first-order valence-electron chi connectivity index (χ1n) is 29.4. The van der Waals surface area contributed by atoms with Crippen molar-refractivity contribution in [2.24, 2.45) is 5.16 Å². The lowest BCUT2D eigenvalue weighted by atomic mass is 10.2. The van der Waals surface area contributed by atoms with Gasteiger partial charge < -0.3 is 79.2 Å². The number of fused-ring (bicyclic) bond motifs is 2. The zero-order valence-electron chi connectivity index (χ0n) is 53.0. The number of hydrogen-bond acceptors (Lipinski definition) is 19. The Labute approximate surface area is 524 Å². The molecule has 4 saturated heterocycles. The molecule has 29 heteroatoms. The zero-order chi connectivity index (χ0) is 66.7. The second-order valence-corrected chi connectivity index (χ2v) is 24.7. The minimum absolute atomic E-state index is 0.0636. The van der Waals surface area contributed by atoms with Gasteiger partial charge in [-0.3, -0.25) is 0 Å². The molecular formula is C62H78F5N15O9. The van der Waals surface area contributed by atoms with Crippen LogP contribution in [-0.4, -0.2) is 171 Å². The molecule has 91 heavy (non-hydrogen) atoms. The summed E-state index contributed by atoms with van der Waals surface area (Å²) in [5.74, 6) is -1.95. The van der Waals surface area contributed by atoms with E-state index in [-0.39, 0.29) is 58.3 Å². The van der Waals surface area contributed by atoms with Gasteiger partial charge in [0.05, 0.1) is 52.4 Å². The van der Waals surface area contributed by atoms with Crippen LogP contribution in [0, 0.1) is 42.2 Å². The summed E-state index contributed by atoms with van der Waals surface area (Å²) in [5.41, 5.74) is 12.3. The Balaban J connectivity index is 0.000000174. The number of carbonyl (C=O) groups is 3. The summed E-state index contributed by atoms with van der Waals surface area (Å²) in [5, 5.41) is 15.3. The molecule has 10 rings (SSSR count). The highest BCUT2D eigenvalue weighted by atomic mass is 19.1. The third-order valence-corrected chi connectivity index (χ3v) is 14.0. The van der Waals surface area contributed by atoms with Crippen molar-refractivity contribution >= 4 is 91.7 Å². The molecule has 0 saturated carbocycles. The number of nitrogens with two attached hydrogens (primary N) is 2. The summed E-state index contributed by atoms with van der Waals surface area (Å²) < 4.78 is 96.7. The van der Waals surface area contributed by atoms with Crippen molar-refractivity contribution in [2.75, 3.05) is 136 Å². The molecule has 6 heterocycles. The lowest BCUT2D eigenvalue weighted by molar-refractivity contribution is 0.0230. The van der Waals surface area contributed by atoms with Gasteiger partial charge in [0, 0.05) is 117 Å². The zero-order valence-corrected chi connectivity index (χ0v) is 53.0. The fourth-order valence-electron chi connectivity index (χ4n) is 9.62. The normalized spacial score (nSPS) is 15.4. The number of nitrogen functional groups attached to an aromatic ring is 2. The molecule has 5 N–H and O–H groups in total. The highest BCUT2D eigenvalue weighted by molar-refractivity contribution is 5.90. The van der Waals surface area contributed by atoms with E-state index in [1.54, 1.807) is 66.4 Å². The van der Waals surface area contributed by atoms with Crippen LogP contribution < -0.4 is 41.2 Å². The van der Waals surface area contributed by atoms with E-state index in [0.717, 1.165) is 44.4 Å². The summed E-state index contributed by atoms with van der Waals surface area (Å²) in [4.78, 5) is 59.8. The maximum Gasteiger partial charge on any atom is 0.410 e. The number of ether oxygens (including phenoxy) is 3. The fourth-order valence-corrected chi connectivity index (χ4v) is 9.62. The second-order valence-electron chi connectivity index (χ2n) is 24.7. The van der Waals surface area contributed by atoms with Crippen molar-refractivity contribution in [2.45, 2.75) is 93.0 Å². The Kier molecular flexibility index (Phi) is 22.3. The predicted molar refractivity (Wildman–Crippen MR) is 337 cm³/mol. The van der Waals surface area contributed by atoms with Crippen LogP contribution in [0.2, 0.25) is 0 Å². The van der Waals surface area contributed by atoms with Crippen LogP contribution in [0.5, 0.6) is 5.75 Å². The quantitative estimate of drug-likeness (QED) is 0.0461. The highest BCUT2D eigenvalue weighted by Gasteiger charge is 2.31. The lowest BCUT2D eigenvalue weighted by Crippen LogP contribution is -2.50. The third-order valence-electron chi connectivity index (χ3n) is 14.0. The first-order chi connectivity index (χ1) is 42.8. The Bertz CT molecular complexity index is 3670. The Hall–Kier alpha value is -9.51. The van der Waals surface area contributed by atoms with Gasteiger partial charge in [0.2, 0.25) is 11.4 Å². The van der Waals surface area contributed by atoms with Gasteiger partial charge in [-0.2, -0.15) is 0 Å². The molecule has 6 aromatic rings. The summed E-state index contributed by atoms with van der Waals surface area (Å²) in [6.07, 6.45) is -1.13. The number of anilines is 6. The van der Waals surface area contributed by atoms with Gasteiger partial charge in [-0.05, 0) is 113 Å². The maximum absolute atomic E-state index is 14.5. The number of hydrogen-bond donors (Lipinski definition) is 3. The van der Waals surface area contributed by atoms with Crippen molar-refractivity contribution in [3.63, 3.8) is 0 Å². The van der Waals surface area contributed by atoms with Crippen LogP contribution >= 0.6 is 0 Å². The molecule has 24 nitrogen and oxygen atoms in total. The van der Waals surface area contributed by atoms with Crippen molar-refractivity contribution in [3.8, 4) is 5.75 Å². The van der Waals surface area contributed by atoms with Gasteiger partial charge >= 0.3 is 18.3 Å². The topological polar surface area (TPSA) is 248 Å². The minimum Gasteiger partial charge on any atom is -0.444 e. The van der Waals surface area contributed by atoms with Crippen LogP contribution in [0.25, 0.3) is 31.6 Å². The average molecular weight is 1270 g/mol. The second kappa shape index (κ2) is 29.4. The first-order valence-corrected chi connectivity index (χ1v) is 29.4. The van der Waals surface area contributed by atoms with Crippen molar-refractivity contribution in [3.05, 3.63) is 100 Å². The fraction of sp³-hybridized carbons (Fsp3) is 0.484. The number of benzene rings is 4. The molecule has 490 valence electrons. The van der Waals surface area contributed by atoms with E-state index in [9.17, 15) is 36.3 Å². The summed E-state index contributed by atoms with van der Waals surface area (Å²) >= 11 is 0. The van der Waals surface area contributed by atoms with E-state index in [1.807, 2.05) is 56.2 Å². The monoisotopic (exact) mass is 1270 g/mol. The Morgan fingerprint density at radius 3 is 1.18 bits per heavy atom. The number of oxime groups is 1. The Morgan fingerprint density at radius 2 is 0.824 bits per heavy atom. The molecule has 3 amide bonds. The molecule has 2 aromatic heterocycles. The van der Waals surface area contributed by atoms with Crippen LogP contribution in [0.3, 0.4) is 0 Å². The maximum atomic E-state index is 14.5. The van der Waals surface area contributed by atoms with Gasteiger partial charge in [0.25, 0.3) is 0 Å². The smallest absolute Gasteiger partial charge is 0.410 e. The van der Waals surface area contributed by atoms with Crippen LogP contribution in [0.1, 0.15) is 76.2 Å².